The Morgan fingerprint density at radius 3 is 2.71 bits per heavy atom. The second-order valence-corrected chi connectivity index (χ2v) is 12.4. The highest BCUT2D eigenvalue weighted by molar-refractivity contribution is 5.94. The van der Waals surface area contributed by atoms with Crippen LogP contribution in [0.1, 0.15) is 72.6 Å². The number of fused-ring (bicyclic) bond motifs is 1. The molecule has 5 rings (SSSR count). The van der Waals surface area contributed by atoms with Gasteiger partial charge in [-0.3, -0.25) is 9.69 Å². The Hall–Kier alpha value is -3.38. The first-order valence-electron chi connectivity index (χ1n) is 14.6. The maximum atomic E-state index is 12.8. The fraction of sp³-hybridized carbons (Fsp3) is 0.515. The van der Waals surface area contributed by atoms with E-state index in [2.05, 4.69) is 66.3 Å². The van der Waals surface area contributed by atoms with E-state index in [4.69, 9.17) is 9.47 Å². The summed E-state index contributed by atoms with van der Waals surface area (Å²) in [7, 11) is 1.73. The molecule has 2 aromatic carbocycles. The van der Waals surface area contributed by atoms with Gasteiger partial charge in [-0.05, 0) is 80.0 Å². The average Bonchev–Trinajstić information content (AvgIpc) is 3.47. The van der Waals surface area contributed by atoms with Gasteiger partial charge in [0.15, 0.2) is 0 Å². The predicted molar refractivity (Wildman–Crippen MR) is 159 cm³/mol. The van der Waals surface area contributed by atoms with Crippen molar-refractivity contribution in [2.45, 2.75) is 64.6 Å². The third-order valence-corrected chi connectivity index (χ3v) is 9.11. The third kappa shape index (κ3) is 6.13. The number of aliphatic hydroxyl groups is 1. The number of aromatic nitrogens is 1. The molecule has 2 saturated heterocycles. The lowest BCUT2D eigenvalue weighted by Crippen LogP contribution is -2.56. The van der Waals surface area contributed by atoms with Crippen molar-refractivity contribution in [3.8, 4) is 11.8 Å². The number of rotatable bonds is 10. The number of carbonyl (C=O) groups is 1. The van der Waals surface area contributed by atoms with Crippen molar-refractivity contribution in [2.75, 3.05) is 33.4 Å². The molecular formula is C33H42N4O4. The summed E-state index contributed by atoms with van der Waals surface area (Å²) < 4.78 is 10.9. The minimum atomic E-state index is -0.968. The zero-order valence-electron chi connectivity index (χ0n) is 24.6. The number of nitrogens with one attached hydrogen (secondary N) is 2. The number of ether oxygens (including phenoxy) is 2. The van der Waals surface area contributed by atoms with E-state index in [9.17, 15) is 15.2 Å². The van der Waals surface area contributed by atoms with Gasteiger partial charge in [-0.1, -0.05) is 26.0 Å². The molecule has 0 saturated carbocycles. The van der Waals surface area contributed by atoms with E-state index >= 15 is 0 Å². The lowest BCUT2D eigenvalue weighted by molar-refractivity contribution is -0.173. The van der Waals surface area contributed by atoms with Crippen LogP contribution in [-0.2, 0) is 11.3 Å². The Morgan fingerprint density at radius 1 is 1.32 bits per heavy atom. The van der Waals surface area contributed by atoms with Crippen LogP contribution in [0.5, 0.6) is 5.75 Å². The van der Waals surface area contributed by atoms with Gasteiger partial charge in [0.05, 0.1) is 32.9 Å². The Labute approximate surface area is 242 Å². The zero-order chi connectivity index (χ0) is 29.2. The number of benzene rings is 2. The van der Waals surface area contributed by atoms with E-state index in [1.54, 1.807) is 7.11 Å². The van der Waals surface area contributed by atoms with Crippen molar-refractivity contribution in [2.24, 2.45) is 11.3 Å². The van der Waals surface area contributed by atoms with Crippen LogP contribution in [0, 0.1) is 29.6 Å². The summed E-state index contributed by atoms with van der Waals surface area (Å²) in [6.07, 6.45) is 5.66. The smallest absolute Gasteiger partial charge is 0.251 e. The molecule has 3 atom stereocenters. The van der Waals surface area contributed by atoms with E-state index in [0.717, 1.165) is 61.2 Å². The fourth-order valence-electron chi connectivity index (χ4n) is 6.47. The molecule has 41 heavy (non-hydrogen) atoms. The second-order valence-electron chi connectivity index (χ2n) is 12.4. The highest BCUT2D eigenvalue weighted by Crippen LogP contribution is 2.47. The number of nitriles is 1. The molecule has 2 aliphatic rings. The first-order chi connectivity index (χ1) is 19.7. The molecule has 8 nitrogen and oxygen atoms in total. The third-order valence-electron chi connectivity index (χ3n) is 9.11. The first-order valence-corrected chi connectivity index (χ1v) is 14.6. The average molecular weight is 559 g/mol. The lowest BCUT2D eigenvalue weighted by Gasteiger charge is -2.46. The summed E-state index contributed by atoms with van der Waals surface area (Å²) in [6.45, 7) is 8.80. The fourth-order valence-corrected chi connectivity index (χ4v) is 6.47. The van der Waals surface area contributed by atoms with E-state index < -0.39 is 5.60 Å². The Morgan fingerprint density at radius 2 is 2.07 bits per heavy atom. The predicted octanol–water partition coefficient (Wildman–Crippen LogP) is 5.26. The van der Waals surface area contributed by atoms with Gasteiger partial charge in [-0.25, -0.2) is 0 Å². The SMILES string of the molecule is CC[C@H](C#N)C[C@@]1(C)CCN(Cc2c(OC)cc(C)c3[nH]ccc23)[C@H](c2ccc(C(=O)NCC3(O)COC3)cc2)C1. The molecule has 3 N–H and O–H groups in total. The van der Waals surface area contributed by atoms with Crippen LogP contribution in [0.2, 0.25) is 0 Å². The number of piperidine rings is 1. The Bertz CT molecular complexity index is 1420. The van der Waals surface area contributed by atoms with Gasteiger partial charge in [-0.15, -0.1) is 0 Å². The molecule has 1 amide bonds. The monoisotopic (exact) mass is 558 g/mol. The number of likely N-dealkylation sites (tertiary alicyclic amines) is 1. The molecule has 3 heterocycles. The molecule has 3 aromatic rings. The molecule has 218 valence electrons. The zero-order valence-corrected chi connectivity index (χ0v) is 24.6. The van der Waals surface area contributed by atoms with Gasteiger partial charge in [-0.2, -0.15) is 5.26 Å². The summed E-state index contributed by atoms with van der Waals surface area (Å²) in [4.78, 5) is 18.7. The van der Waals surface area contributed by atoms with Crippen molar-refractivity contribution in [1.29, 1.82) is 5.26 Å². The quantitative estimate of drug-likeness (QED) is 0.313. The molecule has 0 spiro atoms. The Kier molecular flexibility index (Phi) is 8.42. The van der Waals surface area contributed by atoms with Crippen LogP contribution in [-0.4, -0.2) is 59.9 Å². The van der Waals surface area contributed by atoms with E-state index in [1.807, 2.05) is 18.3 Å². The normalized spacial score (nSPS) is 23.0. The first kappa shape index (κ1) is 29.1. The lowest BCUT2D eigenvalue weighted by atomic mass is 9.70. The van der Waals surface area contributed by atoms with Gasteiger partial charge in [0.1, 0.15) is 11.4 Å². The maximum absolute atomic E-state index is 12.8. The van der Waals surface area contributed by atoms with Gasteiger partial charge in [0.25, 0.3) is 5.91 Å². The number of hydrogen-bond donors (Lipinski definition) is 3. The van der Waals surface area contributed by atoms with E-state index in [1.165, 1.54) is 10.9 Å². The highest BCUT2D eigenvalue weighted by Gasteiger charge is 2.39. The molecular weight excluding hydrogens is 516 g/mol. The number of aryl methyl sites for hydroxylation is 1. The summed E-state index contributed by atoms with van der Waals surface area (Å²) >= 11 is 0. The second kappa shape index (κ2) is 11.8. The minimum absolute atomic E-state index is 0.0364. The minimum Gasteiger partial charge on any atom is -0.496 e. The summed E-state index contributed by atoms with van der Waals surface area (Å²) in [5.41, 5.74) is 4.24. The number of amides is 1. The van der Waals surface area contributed by atoms with Crippen LogP contribution < -0.4 is 10.1 Å². The van der Waals surface area contributed by atoms with E-state index in [-0.39, 0.29) is 43.0 Å². The van der Waals surface area contributed by atoms with Crippen LogP contribution in [0.25, 0.3) is 10.9 Å². The van der Waals surface area contributed by atoms with Gasteiger partial charge < -0.3 is 24.9 Å². The Balaban J connectivity index is 1.42. The molecule has 2 aliphatic heterocycles. The molecule has 1 aromatic heterocycles. The van der Waals surface area contributed by atoms with Gasteiger partial charge in [0.2, 0.25) is 0 Å². The largest absolute Gasteiger partial charge is 0.496 e. The summed E-state index contributed by atoms with van der Waals surface area (Å²) in [6, 6.07) is 14.7. The number of methoxy groups -OCH3 is 1. The van der Waals surface area contributed by atoms with Gasteiger partial charge in [0, 0.05) is 46.7 Å². The summed E-state index contributed by atoms with van der Waals surface area (Å²) in [5.74, 6) is 0.731. The van der Waals surface area contributed by atoms with Crippen LogP contribution in [0.3, 0.4) is 0 Å². The number of H-pyrrole nitrogens is 1. The highest BCUT2D eigenvalue weighted by atomic mass is 16.5. The standard InChI is InChI=1S/C33H42N4O4/c1-5-23(17-34)15-32(3)11-13-37(18-27-26-10-12-35-30(26)22(2)14-29(27)40-4)28(16-32)24-6-8-25(9-7-24)31(38)36-19-33(39)20-41-21-33/h6-10,12,14,23,28,35,39H,5,11,13,15-16,18-21H2,1-4H3,(H,36,38)/t23-,28-,32+/m0/s1. The molecule has 8 heteroatoms. The topological polar surface area (TPSA) is 111 Å². The van der Waals surface area contributed by atoms with Crippen LogP contribution >= 0.6 is 0 Å². The molecule has 0 bridgehead atoms. The van der Waals surface area contributed by atoms with Crippen molar-refractivity contribution < 1.29 is 19.4 Å². The molecule has 0 aliphatic carbocycles. The van der Waals surface area contributed by atoms with Gasteiger partial charge >= 0.3 is 0 Å². The van der Waals surface area contributed by atoms with Crippen molar-refractivity contribution >= 4 is 16.8 Å². The molecule has 0 unspecified atom stereocenters. The number of carbonyl (C=O) groups excluding carboxylic acids is 1. The number of hydrogen-bond acceptors (Lipinski definition) is 6. The van der Waals surface area contributed by atoms with Crippen LogP contribution in [0.15, 0.2) is 42.6 Å². The van der Waals surface area contributed by atoms with Crippen LogP contribution in [0.4, 0.5) is 0 Å². The number of nitrogens with zero attached hydrogens (tertiary/aromatic N) is 2. The maximum Gasteiger partial charge on any atom is 0.251 e. The van der Waals surface area contributed by atoms with Crippen molar-refractivity contribution in [3.63, 3.8) is 0 Å². The number of aromatic amines is 1. The molecule has 0 radical (unpaired) electrons. The van der Waals surface area contributed by atoms with Crippen molar-refractivity contribution in [1.82, 2.24) is 15.2 Å². The summed E-state index contributed by atoms with van der Waals surface area (Å²) in [5, 5.41) is 24.0. The molecule has 2 fully saturated rings. The van der Waals surface area contributed by atoms with Crippen molar-refractivity contribution in [3.05, 3.63) is 64.8 Å². The van der Waals surface area contributed by atoms with E-state index in [0.29, 0.717) is 5.56 Å².